The number of piperidine rings is 2. The van der Waals surface area contributed by atoms with Crippen LogP contribution >= 0.6 is 0 Å². The van der Waals surface area contributed by atoms with Gasteiger partial charge in [-0.1, -0.05) is 62.3 Å². The molecule has 0 saturated carbocycles. The van der Waals surface area contributed by atoms with E-state index in [1.165, 1.54) is 11.9 Å². The van der Waals surface area contributed by atoms with E-state index in [4.69, 9.17) is 4.52 Å². The van der Waals surface area contributed by atoms with Crippen molar-refractivity contribution >= 4 is 28.9 Å². The van der Waals surface area contributed by atoms with Gasteiger partial charge in [-0.25, -0.2) is 13.9 Å². The highest BCUT2D eigenvalue weighted by molar-refractivity contribution is 6.01. The summed E-state index contributed by atoms with van der Waals surface area (Å²) in [5, 5.41) is 16.8. The number of hydrogen-bond donors (Lipinski definition) is 3. The van der Waals surface area contributed by atoms with Crippen LogP contribution in [0, 0.1) is 12.7 Å². The molecule has 1 unspecified atom stereocenters. The number of anilines is 1. The quantitative estimate of drug-likeness (QED) is 0.127. The molecule has 298 valence electrons. The van der Waals surface area contributed by atoms with Gasteiger partial charge in [-0.05, 0) is 97.8 Å². The van der Waals surface area contributed by atoms with Crippen LogP contribution in [0.2, 0.25) is 0 Å². The summed E-state index contributed by atoms with van der Waals surface area (Å²) in [6, 6.07) is 21.2. The number of fused-ring (bicyclic) bond motifs is 1. The Labute approximate surface area is 335 Å². The van der Waals surface area contributed by atoms with Gasteiger partial charge in [0, 0.05) is 53.5 Å². The lowest BCUT2D eigenvalue weighted by atomic mass is 9.89. The summed E-state index contributed by atoms with van der Waals surface area (Å²) in [5.41, 5.74) is 8.33. The fraction of sp³-hybridized carbons (Fsp3) is 0.341. The molecule has 0 radical (unpaired) electrons. The Kier molecular flexibility index (Phi) is 10.6. The lowest BCUT2D eigenvalue weighted by molar-refractivity contribution is -0.133. The molecule has 1 atom stereocenters. The Morgan fingerprint density at radius 3 is 2.41 bits per heavy atom. The van der Waals surface area contributed by atoms with E-state index in [0.717, 1.165) is 70.6 Å². The highest BCUT2D eigenvalue weighted by Gasteiger charge is 2.27. The number of nitrogens with one attached hydrogen (secondary N) is 3. The summed E-state index contributed by atoms with van der Waals surface area (Å²) in [7, 11) is 0. The van der Waals surface area contributed by atoms with Crippen LogP contribution in [0.15, 0.2) is 83.8 Å². The fourth-order valence-corrected chi connectivity index (χ4v) is 7.63. The van der Waals surface area contributed by atoms with E-state index in [2.05, 4.69) is 53.2 Å². The van der Waals surface area contributed by atoms with Crippen molar-refractivity contribution in [2.75, 3.05) is 18.4 Å². The van der Waals surface area contributed by atoms with E-state index in [-0.39, 0.29) is 28.9 Å². The van der Waals surface area contributed by atoms with Crippen LogP contribution in [0.5, 0.6) is 0 Å². The molecule has 8 rings (SSSR count). The van der Waals surface area contributed by atoms with E-state index >= 15 is 4.39 Å². The van der Waals surface area contributed by atoms with E-state index in [0.29, 0.717) is 43.3 Å². The first-order valence-electron chi connectivity index (χ1n) is 19.6. The Morgan fingerprint density at radius 1 is 0.948 bits per heavy atom. The zero-order valence-corrected chi connectivity index (χ0v) is 33.0. The van der Waals surface area contributed by atoms with Crippen LogP contribution in [-0.2, 0) is 28.1 Å². The van der Waals surface area contributed by atoms with E-state index < -0.39 is 11.9 Å². The summed E-state index contributed by atoms with van der Waals surface area (Å²) < 4.78 is 22.7. The van der Waals surface area contributed by atoms with Gasteiger partial charge in [-0.3, -0.25) is 24.6 Å². The first kappa shape index (κ1) is 38.6. The van der Waals surface area contributed by atoms with Crippen molar-refractivity contribution in [1.29, 1.82) is 0 Å². The van der Waals surface area contributed by atoms with Gasteiger partial charge in [0.15, 0.2) is 0 Å². The zero-order valence-electron chi connectivity index (χ0n) is 33.0. The third kappa shape index (κ3) is 8.37. The maximum Gasteiger partial charge on any atom is 0.292 e. The standard InChI is InChI=1S/C44H46FN9O4/c1-26-19-30(6-7-31(26)22-46-42(57)40-51-43(58-52-40)44(2,3)4)39-37-21-33(24-54(37)48-25-47-39)29-5-8-32(35(45)20-29)23-53-17-15-28(16-18-53)27-9-11-34(12-10-27)49-36-13-14-38(55)50-41(36)56/h5-12,19-21,24-25,28,36,49H,13-18,22-23H2,1-4H3,(H,46,57)(H,50,55,56). The van der Waals surface area contributed by atoms with Crippen molar-refractivity contribution in [2.45, 2.75) is 83.8 Å². The second-order valence-corrected chi connectivity index (χ2v) is 16.3. The first-order valence-corrected chi connectivity index (χ1v) is 19.6. The maximum absolute atomic E-state index is 15.7. The number of rotatable bonds is 10. The molecule has 58 heavy (non-hydrogen) atoms. The van der Waals surface area contributed by atoms with Gasteiger partial charge >= 0.3 is 0 Å². The van der Waals surface area contributed by atoms with Gasteiger partial charge in [-0.2, -0.15) is 10.1 Å². The minimum Gasteiger partial charge on any atom is -0.374 e. The topological polar surface area (TPSA) is 160 Å². The van der Waals surface area contributed by atoms with Crippen molar-refractivity contribution in [3.8, 4) is 22.4 Å². The van der Waals surface area contributed by atoms with Crippen LogP contribution in [-0.4, -0.2) is 66.5 Å². The number of aryl methyl sites for hydroxylation is 1. The summed E-state index contributed by atoms with van der Waals surface area (Å²) >= 11 is 0. The third-order valence-corrected chi connectivity index (χ3v) is 11.1. The highest BCUT2D eigenvalue weighted by atomic mass is 19.1. The first-order chi connectivity index (χ1) is 27.9. The zero-order chi connectivity index (χ0) is 40.6. The molecular weight excluding hydrogens is 738 g/mol. The number of halogens is 1. The molecule has 3 aromatic carbocycles. The average molecular weight is 784 g/mol. The number of carbonyl (C=O) groups excluding carboxylic acids is 3. The monoisotopic (exact) mass is 783 g/mol. The fourth-order valence-electron chi connectivity index (χ4n) is 7.63. The molecular formula is C44H46FN9O4. The predicted octanol–water partition coefficient (Wildman–Crippen LogP) is 6.72. The molecule has 0 bridgehead atoms. The van der Waals surface area contributed by atoms with Crippen molar-refractivity contribution in [1.82, 2.24) is 40.3 Å². The molecule has 13 nitrogen and oxygen atoms in total. The number of amides is 3. The number of likely N-dealkylation sites (tertiary alicyclic amines) is 1. The van der Waals surface area contributed by atoms with Crippen molar-refractivity contribution in [2.24, 2.45) is 0 Å². The van der Waals surface area contributed by atoms with Gasteiger partial charge in [0.05, 0.1) is 11.2 Å². The molecule has 5 heterocycles. The van der Waals surface area contributed by atoms with E-state index in [9.17, 15) is 14.4 Å². The predicted molar refractivity (Wildman–Crippen MR) is 216 cm³/mol. The molecule has 2 aliphatic heterocycles. The summed E-state index contributed by atoms with van der Waals surface area (Å²) in [6.45, 7) is 10.4. The highest BCUT2D eigenvalue weighted by Crippen LogP contribution is 2.33. The lowest BCUT2D eigenvalue weighted by Crippen LogP contribution is -2.47. The number of hydrogen-bond acceptors (Lipinski definition) is 10. The average Bonchev–Trinajstić information content (AvgIpc) is 3.89. The molecule has 3 amide bonds. The molecule has 6 aromatic rings. The molecule has 3 N–H and O–H groups in total. The smallest absolute Gasteiger partial charge is 0.292 e. The summed E-state index contributed by atoms with van der Waals surface area (Å²) in [5.74, 6) is -0.347. The lowest BCUT2D eigenvalue weighted by Gasteiger charge is -2.32. The van der Waals surface area contributed by atoms with Crippen molar-refractivity contribution in [3.05, 3.63) is 119 Å². The molecule has 0 aliphatic carbocycles. The Bertz CT molecular complexity index is 2500. The summed E-state index contributed by atoms with van der Waals surface area (Å²) in [4.78, 5) is 47.4. The van der Waals surface area contributed by atoms with Crippen LogP contribution in [0.1, 0.15) is 91.1 Å². The summed E-state index contributed by atoms with van der Waals surface area (Å²) in [6.07, 6.45) is 6.16. The third-order valence-electron chi connectivity index (χ3n) is 11.1. The van der Waals surface area contributed by atoms with Crippen LogP contribution < -0.4 is 16.0 Å². The number of imide groups is 1. The van der Waals surface area contributed by atoms with Crippen LogP contribution in [0.25, 0.3) is 27.9 Å². The number of carbonyl (C=O) groups is 3. The molecule has 2 aliphatic rings. The molecule has 2 fully saturated rings. The number of benzene rings is 3. The SMILES string of the molecule is Cc1cc(-c2ncnn3cc(-c4ccc(CN5CCC(c6ccc(NC7CCC(=O)NC7=O)cc6)CC5)c(F)c4)cc23)ccc1CNC(=O)c1noc(C(C)(C)C)n1. The van der Waals surface area contributed by atoms with Gasteiger partial charge in [0.1, 0.15) is 18.2 Å². The molecule has 3 aromatic heterocycles. The minimum absolute atomic E-state index is 0.00150. The Balaban J connectivity index is 0.876. The van der Waals surface area contributed by atoms with Crippen molar-refractivity contribution < 1.29 is 23.3 Å². The van der Waals surface area contributed by atoms with Gasteiger partial charge in [0.25, 0.3) is 11.7 Å². The minimum atomic E-state index is -0.408. The number of nitrogens with zero attached hydrogens (tertiary/aromatic N) is 6. The van der Waals surface area contributed by atoms with E-state index in [1.54, 1.807) is 10.6 Å². The molecule has 0 spiro atoms. The van der Waals surface area contributed by atoms with Gasteiger partial charge < -0.3 is 15.2 Å². The normalized spacial score (nSPS) is 16.7. The Morgan fingerprint density at radius 2 is 1.71 bits per heavy atom. The molecule has 14 heteroatoms. The maximum atomic E-state index is 15.7. The second kappa shape index (κ2) is 15.9. The van der Waals surface area contributed by atoms with Gasteiger partial charge in [0.2, 0.25) is 17.7 Å². The van der Waals surface area contributed by atoms with Crippen LogP contribution in [0.4, 0.5) is 10.1 Å². The number of aromatic nitrogens is 5. The van der Waals surface area contributed by atoms with E-state index in [1.807, 2.05) is 82.4 Å². The second-order valence-electron chi connectivity index (χ2n) is 16.3. The largest absolute Gasteiger partial charge is 0.374 e. The molecule has 2 saturated heterocycles. The Hall–Kier alpha value is -6.28. The van der Waals surface area contributed by atoms with Crippen molar-refractivity contribution in [3.63, 3.8) is 0 Å². The van der Waals surface area contributed by atoms with Gasteiger partial charge in [-0.15, -0.1) is 0 Å². The van der Waals surface area contributed by atoms with Crippen LogP contribution in [0.3, 0.4) is 0 Å².